The topological polar surface area (TPSA) is 121 Å². The van der Waals surface area contributed by atoms with Gasteiger partial charge < -0.3 is 11.5 Å². The highest BCUT2D eigenvalue weighted by Crippen LogP contribution is 2.30. The van der Waals surface area contributed by atoms with Crippen molar-refractivity contribution >= 4 is 38.5 Å². The Morgan fingerprint density at radius 2 is 1.72 bits per heavy atom. The van der Waals surface area contributed by atoms with E-state index in [1.54, 1.807) is 6.07 Å². The fourth-order valence-electron chi connectivity index (χ4n) is 2.86. The third-order valence-corrected chi connectivity index (χ3v) is 6.40. The normalized spacial score (nSPS) is 12.7. The van der Waals surface area contributed by atoms with E-state index in [4.69, 9.17) is 11.5 Å². The van der Waals surface area contributed by atoms with E-state index in [1.807, 2.05) is 0 Å². The number of amides is 1. The molecule has 0 bridgehead atoms. The third kappa shape index (κ3) is 3.70. The second-order valence-corrected chi connectivity index (χ2v) is 8.96. The molecule has 0 saturated heterocycles. The van der Waals surface area contributed by atoms with Crippen LogP contribution < -0.4 is 11.5 Å². The Bertz CT molecular complexity index is 1260. The van der Waals surface area contributed by atoms with Gasteiger partial charge in [0.1, 0.15) is 0 Å². The second kappa shape index (κ2) is 7.28. The number of benzene rings is 2. The van der Waals surface area contributed by atoms with Crippen molar-refractivity contribution < 1.29 is 22.0 Å². The summed E-state index contributed by atoms with van der Waals surface area (Å²) < 4.78 is 53.4. The van der Waals surface area contributed by atoms with Gasteiger partial charge in [-0.25, -0.2) is 26.2 Å². The predicted molar refractivity (Wildman–Crippen MR) is 106 cm³/mol. The zero-order valence-electron chi connectivity index (χ0n) is 15.6. The number of nitrogen functional groups attached to an aromatic ring is 1. The SMILES string of the molecule is CC(C)S(=O)(=O)n1c(N)nc2ccc(/C(=C/C(N)=O)c3ccc(F)c(F)c3)cc21. The summed E-state index contributed by atoms with van der Waals surface area (Å²) in [7, 11) is -3.82. The molecule has 0 unspecified atom stereocenters. The Kier molecular flexibility index (Phi) is 5.14. The first-order valence-electron chi connectivity index (χ1n) is 8.51. The van der Waals surface area contributed by atoms with Gasteiger partial charge in [0.2, 0.25) is 21.9 Å². The minimum absolute atomic E-state index is 0.187. The molecular formula is C19H18F2N4O3S. The van der Waals surface area contributed by atoms with E-state index in [2.05, 4.69) is 4.98 Å². The number of aromatic nitrogens is 2. The van der Waals surface area contributed by atoms with Crippen LogP contribution in [0.1, 0.15) is 25.0 Å². The number of imidazole rings is 1. The maximum absolute atomic E-state index is 13.7. The van der Waals surface area contributed by atoms with Crippen molar-refractivity contribution in [3.8, 4) is 0 Å². The molecule has 0 aliphatic heterocycles. The molecule has 1 heterocycles. The summed E-state index contributed by atoms with van der Waals surface area (Å²) >= 11 is 0. The molecule has 3 rings (SSSR count). The van der Waals surface area contributed by atoms with Gasteiger partial charge in [0, 0.05) is 6.08 Å². The molecule has 1 aromatic heterocycles. The van der Waals surface area contributed by atoms with Crippen LogP contribution in [0.3, 0.4) is 0 Å². The molecule has 0 atom stereocenters. The van der Waals surface area contributed by atoms with Crippen molar-refractivity contribution in [1.29, 1.82) is 0 Å². The van der Waals surface area contributed by atoms with E-state index in [-0.39, 0.29) is 22.6 Å². The molecule has 3 aromatic rings. The first-order chi connectivity index (χ1) is 13.5. The monoisotopic (exact) mass is 420 g/mol. The molecule has 152 valence electrons. The molecule has 0 saturated carbocycles. The highest BCUT2D eigenvalue weighted by Gasteiger charge is 2.25. The summed E-state index contributed by atoms with van der Waals surface area (Å²) in [6, 6.07) is 7.65. The van der Waals surface area contributed by atoms with Crippen LogP contribution in [0, 0.1) is 11.6 Å². The molecular weight excluding hydrogens is 402 g/mol. The summed E-state index contributed by atoms with van der Waals surface area (Å²) in [5.41, 5.74) is 12.3. The van der Waals surface area contributed by atoms with Gasteiger partial charge in [-0.1, -0.05) is 12.1 Å². The number of nitrogens with two attached hydrogens (primary N) is 2. The smallest absolute Gasteiger partial charge is 0.244 e. The van der Waals surface area contributed by atoms with E-state index in [9.17, 15) is 22.0 Å². The Morgan fingerprint density at radius 1 is 1.10 bits per heavy atom. The minimum Gasteiger partial charge on any atom is -0.368 e. The first-order valence-corrected chi connectivity index (χ1v) is 10.0. The minimum atomic E-state index is -3.82. The fraction of sp³-hybridized carbons (Fsp3) is 0.158. The standard InChI is InChI=1S/C19H18F2N4O3S/c1-10(2)29(27,28)25-17-8-12(4-6-16(17)24-19(25)23)13(9-18(22)26)11-3-5-14(20)15(21)7-11/h3-10H,1-2H3,(H2,22,26)(H2,23,24)/b13-9+. The summed E-state index contributed by atoms with van der Waals surface area (Å²) in [5, 5.41) is -0.766. The van der Waals surface area contributed by atoms with Crippen molar-refractivity contribution in [2.45, 2.75) is 19.1 Å². The van der Waals surface area contributed by atoms with Gasteiger partial charge in [-0.05, 0) is 54.8 Å². The summed E-state index contributed by atoms with van der Waals surface area (Å²) in [6.07, 6.45) is 1.05. The number of anilines is 1. The van der Waals surface area contributed by atoms with Gasteiger partial charge in [0.15, 0.2) is 11.6 Å². The Hall–Kier alpha value is -3.27. The number of fused-ring (bicyclic) bond motifs is 1. The van der Waals surface area contributed by atoms with Crippen molar-refractivity contribution in [3.63, 3.8) is 0 Å². The molecule has 10 heteroatoms. The average Bonchev–Trinajstić information content (AvgIpc) is 2.97. The molecule has 0 spiro atoms. The predicted octanol–water partition coefficient (Wildman–Crippen LogP) is 2.40. The van der Waals surface area contributed by atoms with Gasteiger partial charge in [0.05, 0.1) is 16.3 Å². The second-order valence-electron chi connectivity index (χ2n) is 6.62. The van der Waals surface area contributed by atoms with Gasteiger partial charge in [-0.2, -0.15) is 0 Å². The zero-order chi connectivity index (χ0) is 21.5. The number of primary amides is 1. The van der Waals surface area contributed by atoms with E-state index >= 15 is 0 Å². The summed E-state index contributed by atoms with van der Waals surface area (Å²) in [4.78, 5) is 15.6. The maximum atomic E-state index is 13.7. The van der Waals surface area contributed by atoms with E-state index in [1.165, 1.54) is 32.0 Å². The maximum Gasteiger partial charge on any atom is 0.244 e. The molecule has 29 heavy (non-hydrogen) atoms. The van der Waals surface area contributed by atoms with Gasteiger partial charge >= 0.3 is 0 Å². The first kappa shape index (κ1) is 20.5. The van der Waals surface area contributed by atoms with Crippen LogP contribution in [-0.2, 0) is 14.8 Å². The number of hydrogen-bond acceptors (Lipinski definition) is 5. The van der Waals surface area contributed by atoms with Crippen molar-refractivity contribution in [2.75, 3.05) is 5.73 Å². The fourth-order valence-corrected chi connectivity index (χ4v) is 4.00. The summed E-state index contributed by atoms with van der Waals surface area (Å²) in [6.45, 7) is 3.01. The van der Waals surface area contributed by atoms with Crippen LogP contribution in [0.5, 0.6) is 0 Å². The number of carbonyl (C=O) groups is 1. The molecule has 0 aliphatic carbocycles. The lowest BCUT2D eigenvalue weighted by Gasteiger charge is -2.13. The molecule has 0 radical (unpaired) electrons. The highest BCUT2D eigenvalue weighted by atomic mass is 32.2. The van der Waals surface area contributed by atoms with E-state index in [0.717, 1.165) is 22.2 Å². The van der Waals surface area contributed by atoms with Gasteiger partial charge in [-0.3, -0.25) is 4.79 Å². The molecule has 7 nitrogen and oxygen atoms in total. The Morgan fingerprint density at radius 3 is 2.31 bits per heavy atom. The van der Waals surface area contributed by atoms with Crippen molar-refractivity contribution in [2.24, 2.45) is 5.73 Å². The quantitative estimate of drug-likeness (QED) is 0.614. The van der Waals surface area contributed by atoms with E-state index in [0.29, 0.717) is 11.1 Å². The number of hydrogen-bond donors (Lipinski definition) is 2. The largest absolute Gasteiger partial charge is 0.368 e. The summed E-state index contributed by atoms with van der Waals surface area (Å²) in [5.74, 6) is -3.17. The van der Waals surface area contributed by atoms with Gasteiger partial charge in [0.25, 0.3) is 0 Å². The molecule has 4 N–H and O–H groups in total. The number of halogens is 2. The number of carbonyl (C=O) groups excluding carboxylic acids is 1. The van der Waals surface area contributed by atoms with Crippen LogP contribution in [0.2, 0.25) is 0 Å². The van der Waals surface area contributed by atoms with Crippen LogP contribution in [0.15, 0.2) is 42.5 Å². The van der Waals surface area contributed by atoms with Crippen LogP contribution in [0.25, 0.3) is 16.6 Å². The molecule has 0 fully saturated rings. The molecule has 2 aromatic carbocycles. The Labute approximate surface area is 165 Å². The lowest BCUT2D eigenvalue weighted by atomic mass is 9.97. The van der Waals surface area contributed by atoms with Crippen LogP contribution in [0.4, 0.5) is 14.7 Å². The van der Waals surface area contributed by atoms with Gasteiger partial charge in [-0.15, -0.1) is 0 Å². The third-order valence-electron chi connectivity index (χ3n) is 4.32. The lowest BCUT2D eigenvalue weighted by molar-refractivity contribution is -0.113. The van der Waals surface area contributed by atoms with Crippen molar-refractivity contribution in [3.05, 3.63) is 65.2 Å². The average molecular weight is 420 g/mol. The van der Waals surface area contributed by atoms with Crippen molar-refractivity contribution in [1.82, 2.24) is 8.96 Å². The molecule has 1 amide bonds. The van der Waals surface area contributed by atoms with Crippen LogP contribution >= 0.6 is 0 Å². The number of rotatable bonds is 5. The molecule has 0 aliphatic rings. The van der Waals surface area contributed by atoms with Crippen LogP contribution in [-0.4, -0.2) is 28.5 Å². The Balaban J connectivity index is 2.29. The lowest BCUT2D eigenvalue weighted by Crippen LogP contribution is -2.23. The zero-order valence-corrected chi connectivity index (χ0v) is 16.4. The van der Waals surface area contributed by atoms with E-state index < -0.39 is 32.8 Å². The highest BCUT2D eigenvalue weighted by molar-refractivity contribution is 7.90. The number of nitrogens with zero attached hydrogens (tertiary/aromatic N) is 2.